The molecule has 0 bridgehead atoms. The Morgan fingerprint density at radius 1 is 1.08 bits per heavy atom. The van der Waals surface area contributed by atoms with Crippen molar-refractivity contribution in [1.82, 2.24) is 9.80 Å². The van der Waals surface area contributed by atoms with Gasteiger partial charge in [0, 0.05) is 58.3 Å². The van der Waals surface area contributed by atoms with E-state index in [1.54, 1.807) is 18.9 Å². The Balaban J connectivity index is 1.80. The molecule has 6 heteroatoms. The average molecular weight is 347 g/mol. The Labute approximate surface area is 150 Å². The Hall–Kier alpha value is -2.24. The van der Waals surface area contributed by atoms with Crippen molar-refractivity contribution in [3.63, 3.8) is 0 Å². The van der Waals surface area contributed by atoms with Gasteiger partial charge in [0.15, 0.2) is 0 Å². The maximum absolute atomic E-state index is 12.4. The number of hydrogen-bond acceptors (Lipinski definition) is 4. The summed E-state index contributed by atoms with van der Waals surface area (Å²) < 4.78 is 5.19. The van der Waals surface area contributed by atoms with Gasteiger partial charge in [0.25, 0.3) is 0 Å². The van der Waals surface area contributed by atoms with Gasteiger partial charge in [0.05, 0.1) is 7.11 Å². The third-order valence-corrected chi connectivity index (χ3v) is 4.60. The van der Waals surface area contributed by atoms with Gasteiger partial charge in [0.1, 0.15) is 5.75 Å². The first kappa shape index (κ1) is 19.1. The number of benzene rings is 1. The fraction of sp³-hybridized carbons (Fsp3) is 0.579. The van der Waals surface area contributed by atoms with Gasteiger partial charge >= 0.3 is 0 Å². The number of carbonyl (C=O) groups excluding carboxylic acids is 2. The van der Waals surface area contributed by atoms with Gasteiger partial charge < -0.3 is 19.4 Å². The van der Waals surface area contributed by atoms with Gasteiger partial charge in [-0.3, -0.25) is 9.59 Å². The fourth-order valence-corrected chi connectivity index (χ4v) is 3.09. The van der Waals surface area contributed by atoms with Crippen LogP contribution in [0.2, 0.25) is 0 Å². The smallest absolute Gasteiger partial charge is 0.224 e. The molecule has 0 N–H and O–H groups in total. The molecule has 1 fully saturated rings. The van der Waals surface area contributed by atoms with Crippen molar-refractivity contribution in [2.75, 3.05) is 51.3 Å². The summed E-state index contributed by atoms with van der Waals surface area (Å²) in [7, 11) is 1.66. The van der Waals surface area contributed by atoms with Gasteiger partial charge in [-0.2, -0.15) is 0 Å². The number of piperazine rings is 1. The zero-order valence-corrected chi connectivity index (χ0v) is 15.5. The molecule has 0 spiro atoms. The molecule has 1 aliphatic heterocycles. The third-order valence-electron chi connectivity index (χ3n) is 4.60. The van der Waals surface area contributed by atoms with Crippen molar-refractivity contribution in [3.05, 3.63) is 24.3 Å². The van der Waals surface area contributed by atoms with Crippen LogP contribution in [-0.4, -0.2) is 68.0 Å². The highest BCUT2D eigenvalue weighted by atomic mass is 16.5. The first-order valence-electron chi connectivity index (χ1n) is 8.97. The van der Waals surface area contributed by atoms with Crippen molar-refractivity contribution in [1.29, 1.82) is 0 Å². The standard InChI is InChI=1S/C19H29N3O3/c1-4-10-20(16(2)23)11-9-19(24)22-14-12-21(13-15-22)17-5-7-18(25-3)8-6-17/h5-8H,4,9-15H2,1-3H3. The summed E-state index contributed by atoms with van der Waals surface area (Å²) in [6.07, 6.45) is 1.32. The predicted octanol–water partition coefficient (Wildman–Crippen LogP) is 1.99. The summed E-state index contributed by atoms with van der Waals surface area (Å²) >= 11 is 0. The van der Waals surface area contributed by atoms with Crippen molar-refractivity contribution in [2.24, 2.45) is 0 Å². The van der Waals surface area contributed by atoms with Crippen LogP contribution in [0.3, 0.4) is 0 Å². The van der Waals surface area contributed by atoms with Crippen LogP contribution in [0.15, 0.2) is 24.3 Å². The van der Waals surface area contributed by atoms with Crippen LogP contribution in [-0.2, 0) is 9.59 Å². The minimum atomic E-state index is 0.0407. The van der Waals surface area contributed by atoms with Gasteiger partial charge in [-0.15, -0.1) is 0 Å². The number of methoxy groups -OCH3 is 1. The van der Waals surface area contributed by atoms with Crippen LogP contribution in [0.1, 0.15) is 26.7 Å². The number of rotatable bonds is 7. The summed E-state index contributed by atoms with van der Waals surface area (Å²) in [5.41, 5.74) is 1.15. The van der Waals surface area contributed by atoms with Gasteiger partial charge in [-0.1, -0.05) is 6.92 Å². The molecule has 0 radical (unpaired) electrons. The van der Waals surface area contributed by atoms with E-state index in [1.807, 2.05) is 36.1 Å². The van der Waals surface area contributed by atoms with E-state index in [-0.39, 0.29) is 11.8 Å². The maximum Gasteiger partial charge on any atom is 0.224 e. The number of hydrogen-bond donors (Lipinski definition) is 0. The molecule has 1 saturated heterocycles. The lowest BCUT2D eigenvalue weighted by atomic mass is 10.2. The van der Waals surface area contributed by atoms with Crippen LogP contribution in [0.25, 0.3) is 0 Å². The first-order chi connectivity index (χ1) is 12.0. The van der Waals surface area contributed by atoms with E-state index >= 15 is 0 Å². The molecular formula is C19H29N3O3. The van der Waals surface area contributed by atoms with E-state index in [4.69, 9.17) is 4.74 Å². The molecule has 25 heavy (non-hydrogen) atoms. The molecule has 2 rings (SSSR count). The van der Waals surface area contributed by atoms with Gasteiger partial charge in [-0.05, 0) is 30.7 Å². The quantitative estimate of drug-likeness (QED) is 0.757. The molecule has 0 unspecified atom stereocenters. The fourth-order valence-electron chi connectivity index (χ4n) is 3.09. The summed E-state index contributed by atoms with van der Waals surface area (Å²) in [6, 6.07) is 8.01. The molecule has 1 aromatic rings. The minimum absolute atomic E-state index is 0.0407. The van der Waals surface area contributed by atoms with E-state index < -0.39 is 0 Å². The second-order valence-corrected chi connectivity index (χ2v) is 6.32. The summed E-state index contributed by atoms with van der Waals surface area (Å²) in [5, 5.41) is 0. The molecule has 0 aliphatic carbocycles. The molecular weight excluding hydrogens is 318 g/mol. The highest BCUT2D eigenvalue weighted by molar-refractivity contribution is 5.78. The van der Waals surface area contributed by atoms with Crippen LogP contribution < -0.4 is 9.64 Å². The van der Waals surface area contributed by atoms with E-state index in [9.17, 15) is 9.59 Å². The summed E-state index contributed by atoms with van der Waals surface area (Å²) in [4.78, 5) is 29.9. The Morgan fingerprint density at radius 2 is 1.72 bits per heavy atom. The predicted molar refractivity (Wildman–Crippen MR) is 98.9 cm³/mol. The summed E-state index contributed by atoms with van der Waals surface area (Å²) in [5.74, 6) is 1.02. The second kappa shape index (κ2) is 9.30. The molecule has 0 saturated carbocycles. The number of amides is 2. The molecule has 1 heterocycles. The van der Waals surface area contributed by atoms with Gasteiger partial charge in [0.2, 0.25) is 11.8 Å². The normalized spacial score (nSPS) is 14.4. The topological polar surface area (TPSA) is 53.1 Å². The SMILES string of the molecule is CCCN(CCC(=O)N1CCN(c2ccc(OC)cc2)CC1)C(C)=O. The zero-order valence-electron chi connectivity index (χ0n) is 15.5. The highest BCUT2D eigenvalue weighted by Crippen LogP contribution is 2.20. The van der Waals surface area contributed by atoms with Crippen LogP contribution in [0.5, 0.6) is 5.75 Å². The molecule has 0 atom stereocenters. The van der Waals surface area contributed by atoms with Crippen molar-refractivity contribution in [3.8, 4) is 5.75 Å². The number of ether oxygens (including phenoxy) is 1. The molecule has 0 aromatic heterocycles. The largest absolute Gasteiger partial charge is 0.497 e. The highest BCUT2D eigenvalue weighted by Gasteiger charge is 2.22. The lowest BCUT2D eigenvalue weighted by Gasteiger charge is -2.36. The second-order valence-electron chi connectivity index (χ2n) is 6.32. The lowest BCUT2D eigenvalue weighted by molar-refractivity contribution is -0.133. The average Bonchev–Trinajstić information content (AvgIpc) is 2.65. The third kappa shape index (κ3) is 5.37. The molecule has 138 valence electrons. The van der Waals surface area contributed by atoms with Crippen molar-refractivity contribution < 1.29 is 14.3 Å². The van der Waals surface area contributed by atoms with E-state index in [2.05, 4.69) is 4.90 Å². The maximum atomic E-state index is 12.4. The minimum Gasteiger partial charge on any atom is -0.497 e. The van der Waals surface area contributed by atoms with Crippen molar-refractivity contribution in [2.45, 2.75) is 26.7 Å². The van der Waals surface area contributed by atoms with Crippen LogP contribution in [0, 0.1) is 0 Å². The monoisotopic (exact) mass is 347 g/mol. The number of carbonyl (C=O) groups is 2. The van der Waals surface area contributed by atoms with Gasteiger partial charge in [-0.25, -0.2) is 0 Å². The first-order valence-corrected chi connectivity index (χ1v) is 8.97. The van der Waals surface area contributed by atoms with Crippen LogP contribution in [0.4, 0.5) is 5.69 Å². The van der Waals surface area contributed by atoms with Crippen molar-refractivity contribution >= 4 is 17.5 Å². The molecule has 1 aromatic carbocycles. The molecule has 2 amide bonds. The number of anilines is 1. The molecule has 1 aliphatic rings. The molecule has 6 nitrogen and oxygen atoms in total. The number of nitrogens with zero attached hydrogens (tertiary/aromatic N) is 3. The van der Waals surface area contributed by atoms with E-state index in [0.29, 0.717) is 19.5 Å². The summed E-state index contributed by atoms with van der Waals surface area (Å²) in [6.45, 7) is 7.92. The Morgan fingerprint density at radius 3 is 2.24 bits per heavy atom. The van der Waals surface area contributed by atoms with E-state index in [0.717, 1.165) is 44.0 Å². The Kier molecular flexibility index (Phi) is 7.10. The van der Waals surface area contributed by atoms with E-state index in [1.165, 1.54) is 0 Å². The van der Waals surface area contributed by atoms with Crippen LogP contribution >= 0.6 is 0 Å². The lowest BCUT2D eigenvalue weighted by Crippen LogP contribution is -2.49. The Bertz CT molecular complexity index is 566. The zero-order chi connectivity index (χ0) is 18.2.